The van der Waals surface area contributed by atoms with E-state index in [2.05, 4.69) is 5.32 Å². The molecule has 0 radical (unpaired) electrons. The van der Waals surface area contributed by atoms with Gasteiger partial charge in [-0.3, -0.25) is 4.79 Å². The van der Waals surface area contributed by atoms with Crippen LogP contribution in [0.3, 0.4) is 0 Å². The minimum atomic E-state index is -3.59. The van der Waals surface area contributed by atoms with Gasteiger partial charge in [-0.05, 0) is 68.3 Å². The van der Waals surface area contributed by atoms with Crippen molar-refractivity contribution in [2.24, 2.45) is 0 Å². The standard InChI is InChI=1S/C20H24N2O4S/c1-14-4-7-18(12-15(14)2)21-20(23)17-5-8-19(9-6-17)27(24,25)22-10-11-26-16(3)13-22/h4-9,12,16H,10-11,13H2,1-3H3,(H,21,23). The molecule has 6 nitrogen and oxygen atoms in total. The van der Waals surface area contributed by atoms with Crippen molar-refractivity contribution in [2.75, 3.05) is 25.0 Å². The van der Waals surface area contributed by atoms with E-state index in [0.717, 1.165) is 11.1 Å². The first-order valence-electron chi connectivity index (χ1n) is 8.88. The second kappa shape index (κ2) is 7.80. The molecule has 144 valence electrons. The van der Waals surface area contributed by atoms with Crippen molar-refractivity contribution in [3.05, 3.63) is 59.2 Å². The van der Waals surface area contributed by atoms with Gasteiger partial charge in [-0.1, -0.05) is 6.07 Å². The third-order valence-electron chi connectivity index (χ3n) is 4.72. The Bertz CT molecular complexity index is 939. The van der Waals surface area contributed by atoms with Crippen LogP contribution in [0.5, 0.6) is 0 Å². The van der Waals surface area contributed by atoms with E-state index in [1.807, 2.05) is 39.0 Å². The van der Waals surface area contributed by atoms with Gasteiger partial charge in [0, 0.05) is 24.3 Å². The Balaban J connectivity index is 1.74. The lowest BCUT2D eigenvalue weighted by Gasteiger charge is -2.30. The Morgan fingerprint density at radius 3 is 2.44 bits per heavy atom. The number of benzene rings is 2. The molecular formula is C20H24N2O4S. The number of sulfonamides is 1. The fourth-order valence-corrected chi connectivity index (χ4v) is 4.45. The quantitative estimate of drug-likeness (QED) is 0.874. The highest BCUT2D eigenvalue weighted by Crippen LogP contribution is 2.20. The number of morpholine rings is 1. The summed E-state index contributed by atoms with van der Waals surface area (Å²) in [7, 11) is -3.59. The SMILES string of the molecule is Cc1ccc(NC(=O)c2ccc(S(=O)(=O)N3CCOC(C)C3)cc2)cc1C. The van der Waals surface area contributed by atoms with E-state index in [-0.39, 0.29) is 16.9 Å². The average Bonchev–Trinajstić information content (AvgIpc) is 2.65. The third kappa shape index (κ3) is 4.37. The molecule has 1 saturated heterocycles. The lowest BCUT2D eigenvalue weighted by molar-refractivity contribution is 0.0102. The van der Waals surface area contributed by atoms with Gasteiger partial charge in [-0.25, -0.2) is 8.42 Å². The number of ether oxygens (including phenoxy) is 1. The molecule has 1 aliphatic heterocycles. The summed E-state index contributed by atoms with van der Waals surface area (Å²) >= 11 is 0. The molecule has 1 aliphatic rings. The van der Waals surface area contributed by atoms with Gasteiger partial charge in [0.25, 0.3) is 5.91 Å². The number of amides is 1. The number of carbonyl (C=O) groups is 1. The molecule has 1 amide bonds. The van der Waals surface area contributed by atoms with E-state index >= 15 is 0 Å². The van der Waals surface area contributed by atoms with Crippen LogP contribution in [0.15, 0.2) is 47.4 Å². The van der Waals surface area contributed by atoms with Gasteiger partial charge < -0.3 is 10.1 Å². The van der Waals surface area contributed by atoms with Gasteiger partial charge in [0.2, 0.25) is 10.0 Å². The summed E-state index contributed by atoms with van der Waals surface area (Å²) in [6.07, 6.45) is -0.128. The summed E-state index contributed by atoms with van der Waals surface area (Å²) in [6.45, 7) is 6.89. The minimum absolute atomic E-state index is 0.128. The number of aryl methyl sites for hydroxylation is 2. The predicted octanol–water partition coefficient (Wildman–Crippen LogP) is 2.97. The van der Waals surface area contributed by atoms with Crippen molar-refractivity contribution in [1.29, 1.82) is 0 Å². The molecule has 7 heteroatoms. The maximum Gasteiger partial charge on any atom is 0.255 e. The molecule has 27 heavy (non-hydrogen) atoms. The van der Waals surface area contributed by atoms with Gasteiger partial charge >= 0.3 is 0 Å². The molecule has 0 saturated carbocycles. The van der Waals surface area contributed by atoms with Crippen LogP contribution in [0.1, 0.15) is 28.4 Å². The van der Waals surface area contributed by atoms with Crippen molar-refractivity contribution in [2.45, 2.75) is 31.8 Å². The molecule has 3 rings (SSSR count). The molecule has 0 aromatic heterocycles. The van der Waals surface area contributed by atoms with Gasteiger partial charge in [0.1, 0.15) is 0 Å². The number of nitrogens with one attached hydrogen (secondary N) is 1. The molecule has 1 atom stereocenters. The first-order valence-corrected chi connectivity index (χ1v) is 10.3. The van der Waals surface area contributed by atoms with Crippen LogP contribution >= 0.6 is 0 Å². The van der Waals surface area contributed by atoms with Crippen LogP contribution in [0.4, 0.5) is 5.69 Å². The van der Waals surface area contributed by atoms with Gasteiger partial charge in [-0.15, -0.1) is 0 Å². The van der Waals surface area contributed by atoms with Gasteiger partial charge in [0.05, 0.1) is 17.6 Å². The predicted molar refractivity (Wildman–Crippen MR) is 104 cm³/mol. The van der Waals surface area contributed by atoms with Gasteiger partial charge in [-0.2, -0.15) is 4.31 Å². The van der Waals surface area contributed by atoms with Crippen LogP contribution in [0.2, 0.25) is 0 Å². The summed E-state index contributed by atoms with van der Waals surface area (Å²) in [6, 6.07) is 11.7. The molecule has 1 heterocycles. The van der Waals surface area contributed by atoms with Crippen molar-refractivity contribution in [3.8, 4) is 0 Å². The molecule has 0 spiro atoms. The zero-order chi connectivity index (χ0) is 19.6. The first kappa shape index (κ1) is 19.5. The number of rotatable bonds is 4. The van der Waals surface area contributed by atoms with Crippen LogP contribution < -0.4 is 5.32 Å². The highest BCUT2D eigenvalue weighted by molar-refractivity contribution is 7.89. The van der Waals surface area contributed by atoms with Crippen molar-refractivity contribution < 1.29 is 17.9 Å². The maximum absolute atomic E-state index is 12.7. The monoisotopic (exact) mass is 388 g/mol. The number of nitrogens with zero attached hydrogens (tertiary/aromatic N) is 1. The van der Waals surface area contributed by atoms with Crippen LogP contribution in [0, 0.1) is 13.8 Å². The Labute approximate surface area is 160 Å². The summed E-state index contributed by atoms with van der Waals surface area (Å²) in [5.74, 6) is -0.276. The normalized spacial score (nSPS) is 18.3. The smallest absolute Gasteiger partial charge is 0.255 e. The molecule has 1 fully saturated rings. The fourth-order valence-electron chi connectivity index (χ4n) is 2.95. The van der Waals surface area contributed by atoms with Crippen molar-refractivity contribution in [1.82, 2.24) is 4.31 Å². The number of hydrogen-bond acceptors (Lipinski definition) is 4. The Kier molecular flexibility index (Phi) is 5.64. The van der Waals surface area contributed by atoms with Crippen molar-refractivity contribution in [3.63, 3.8) is 0 Å². The number of hydrogen-bond donors (Lipinski definition) is 1. The topological polar surface area (TPSA) is 75.7 Å². The van der Waals surface area contributed by atoms with Crippen LogP contribution in [-0.2, 0) is 14.8 Å². The van der Waals surface area contributed by atoms with E-state index in [1.165, 1.54) is 28.6 Å². The highest BCUT2D eigenvalue weighted by atomic mass is 32.2. The summed E-state index contributed by atoms with van der Waals surface area (Å²) in [4.78, 5) is 12.6. The zero-order valence-corrected chi connectivity index (χ0v) is 16.5. The lowest BCUT2D eigenvalue weighted by atomic mass is 10.1. The highest BCUT2D eigenvalue weighted by Gasteiger charge is 2.29. The first-order chi connectivity index (χ1) is 12.8. The Hall–Kier alpha value is -2.22. The molecule has 1 N–H and O–H groups in total. The molecule has 0 bridgehead atoms. The van der Waals surface area contributed by atoms with Crippen LogP contribution in [-0.4, -0.2) is 44.4 Å². The summed E-state index contributed by atoms with van der Waals surface area (Å²) in [5.41, 5.74) is 3.36. The molecule has 2 aromatic rings. The number of carbonyl (C=O) groups excluding carboxylic acids is 1. The minimum Gasteiger partial charge on any atom is -0.376 e. The molecular weight excluding hydrogens is 364 g/mol. The van der Waals surface area contributed by atoms with E-state index in [1.54, 1.807) is 0 Å². The van der Waals surface area contributed by atoms with Crippen molar-refractivity contribution >= 4 is 21.6 Å². The summed E-state index contributed by atoms with van der Waals surface area (Å²) < 4.78 is 32.3. The van der Waals surface area contributed by atoms with E-state index < -0.39 is 10.0 Å². The third-order valence-corrected chi connectivity index (χ3v) is 6.60. The fraction of sp³-hybridized carbons (Fsp3) is 0.350. The van der Waals surface area contributed by atoms with E-state index in [0.29, 0.717) is 30.9 Å². The lowest BCUT2D eigenvalue weighted by Crippen LogP contribution is -2.44. The van der Waals surface area contributed by atoms with Gasteiger partial charge in [0.15, 0.2) is 0 Å². The summed E-state index contributed by atoms with van der Waals surface area (Å²) in [5, 5.41) is 2.84. The largest absolute Gasteiger partial charge is 0.376 e. The van der Waals surface area contributed by atoms with E-state index in [4.69, 9.17) is 4.74 Å². The second-order valence-corrected chi connectivity index (χ2v) is 8.76. The molecule has 1 unspecified atom stereocenters. The Morgan fingerprint density at radius 2 is 1.81 bits per heavy atom. The Morgan fingerprint density at radius 1 is 1.11 bits per heavy atom. The van der Waals surface area contributed by atoms with E-state index in [9.17, 15) is 13.2 Å². The maximum atomic E-state index is 12.7. The van der Waals surface area contributed by atoms with Crippen LogP contribution in [0.25, 0.3) is 0 Å². The average molecular weight is 388 g/mol. The molecule has 0 aliphatic carbocycles. The number of anilines is 1. The zero-order valence-electron chi connectivity index (χ0n) is 15.7. The second-order valence-electron chi connectivity index (χ2n) is 6.82. The molecule has 2 aromatic carbocycles.